The smallest absolute Gasteiger partial charge is 0.554 e. The second kappa shape index (κ2) is 11.9. The number of nitrogens with two attached hydrogens (primary N) is 1. The van der Waals surface area contributed by atoms with E-state index in [1.165, 1.54) is 0 Å². The number of hydrogen-bond donors (Lipinski definition) is 2. The van der Waals surface area contributed by atoms with Gasteiger partial charge < -0.3 is 20.7 Å². The van der Waals surface area contributed by atoms with E-state index >= 15 is 0 Å². The van der Waals surface area contributed by atoms with Crippen LogP contribution >= 0.6 is 0 Å². The Morgan fingerprint density at radius 3 is 2.00 bits per heavy atom. The summed E-state index contributed by atoms with van der Waals surface area (Å²) < 4.78 is 0. The molecule has 0 aliphatic heterocycles. The molecule has 0 bridgehead atoms. The fourth-order valence-corrected chi connectivity index (χ4v) is 0.609. The Balaban J connectivity index is -0.000000220. The minimum Gasteiger partial charge on any atom is -0.554 e. The van der Waals surface area contributed by atoms with Gasteiger partial charge in [0.2, 0.25) is 0 Å². The van der Waals surface area contributed by atoms with Gasteiger partial charge in [0.05, 0.1) is 0 Å². The summed E-state index contributed by atoms with van der Waals surface area (Å²) in [5.74, 6) is -0.556. The molecule has 72 valence electrons. The predicted molar refractivity (Wildman–Crippen MR) is 41.1 cm³/mol. The van der Waals surface area contributed by atoms with Crippen LogP contribution in [-0.4, -0.2) is 23.6 Å². The molecule has 0 radical (unpaired) electrons. The number of aliphatic carboxylic acids is 1. The van der Waals surface area contributed by atoms with Crippen molar-refractivity contribution in [1.29, 1.82) is 0 Å². The van der Waals surface area contributed by atoms with Crippen LogP contribution in [0.3, 0.4) is 0 Å². The first-order valence-electron chi connectivity index (χ1n) is 3.49. The Labute approximate surface area is 99.6 Å². The molecule has 5 nitrogen and oxygen atoms in total. The number of carbonyl (C=O) groups is 2. The first-order chi connectivity index (χ1) is 5.45. The molecule has 0 aromatic heterocycles. The van der Waals surface area contributed by atoms with Gasteiger partial charge in [0, 0.05) is 6.47 Å². The molecule has 1 atom stereocenters. The first kappa shape index (κ1) is 18.6. The van der Waals surface area contributed by atoms with E-state index in [-0.39, 0.29) is 29.6 Å². The fourth-order valence-electron chi connectivity index (χ4n) is 0.609. The van der Waals surface area contributed by atoms with Crippen molar-refractivity contribution in [3.8, 4) is 0 Å². The van der Waals surface area contributed by atoms with Gasteiger partial charge in [-0.25, -0.2) is 0 Å². The number of carboxylic acids is 1. The molecule has 0 aliphatic rings. The summed E-state index contributed by atoms with van der Waals surface area (Å²) >= 11 is 0. The summed E-state index contributed by atoms with van der Waals surface area (Å²) in [6.45, 7) is 3.39. The molecule has 0 amide bonds. The zero-order valence-electron chi connectivity index (χ0n) is 8.19. The maximum atomic E-state index is 10.1. The van der Waals surface area contributed by atoms with Gasteiger partial charge in [0.1, 0.15) is 6.04 Å². The second-order valence-electron chi connectivity index (χ2n) is 2.67. The van der Waals surface area contributed by atoms with E-state index in [0.717, 1.165) is 0 Å². The van der Waals surface area contributed by atoms with Gasteiger partial charge in [-0.3, -0.25) is 4.79 Å². The molecular weight excluding hydrogens is 185 g/mol. The molecular formula is C7H14NNaO4. The average Bonchev–Trinajstić information content (AvgIpc) is 1.87. The van der Waals surface area contributed by atoms with Crippen LogP contribution in [0.4, 0.5) is 0 Å². The molecule has 0 fully saturated rings. The molecule has 13 heavy (non-hydrogen) atoms. The number of rotatable bonds is 3. The molecule has 3 N–H and O–H groups in total. The summed E-state index contributed by atoms with van der Waals surface area (Å²) in [6.07, 6.45) is 0.551. The minimum atomic E-state index is -0.913. The molecule has 0 saturated carbocycles. The van der Waals surface area contributed by atoms with Crippen molar-refractivity contribution in [2.45, 2.75) is 26.3 Å². The van der Waals surface area contributed by atoms with Crippen molar-refractivity contribution in [1.82, 2.24) is 0 Å². The Morgan fingerprint density at radius 1 is 1.62 bits per heavy atom. The van der Waals surface area contributed by atoms with Crippen LogP contribution in [0.2, 0.25) is 0 Å². The summed E-state index contributed by atoms with van der Waals surface area (Å²) in [4.78, 5) is 18.4. The standard InChI is InChI=1S/C6H13NO2.CH2O2.Na/c1-4(2)3-5(7)6(8)9;2-1-3;/h4-5H,3,7H2,1-2H3,(H,8,9);1H,(H,2,3);/q;;+1/p-1. The maximum absolute atomic E-state index is 10.1. The quantitative estimate of drug-likeness (QED) is 0.354. The number of carbonyl (C=O) groups excluding carboxylic acids is 1. The van der Waals surface area contributed by atoms with Gasteiger partial charge in [-0.15, -0.1) is 0 Å². The number of carboxylic acid groups (broad SMARTS) is 2. The predicted octanol–water partition coefficient (Wildman–Crippen LogP) is -4.19. The fraction of sp³-hybridized carbons (Fsp3) is 0.714. The summed E-state index contributed by atoms with van der Waals surface area (Å²) in [6, 6.07) is -0.690. The summed E-state index contributed by atoms with van der Waals surface area (Å²) in [5, 5.41) is 16.6. The molecule has 0 aromatic rings. The van der Waals surface area contributed by atoms with Gasteiger partial charge in [-0.2, -0.15) is 0 Å². The van der Waals surface area contributed by atoms with Gasteiger partial charge in [-0.1, -0.05) is 13.8 Å². The van der Waals surface area contributed by atoms with Crippen molar-refractivity contribution in [3.05, 3.63) is 0 Å². The van der Waals surface area contributed by atoms with Crippen molar-refractivity contribution in [2.75, 3.05) is 0 Å². The Bertz CT molecular complexity index is 140. The molecule has 0 aliphatic carbocycles. The molecule has 0 saturated heterocycles. The van der Waals surface area contributed by atoms with Crippen LogP contribution in [0.5, 0.6) is 0 Å². The molecule has 0 heterocycles. The van der Waals surface area contributed by atoms with E-state index in [2.05, 4.69) is 0 Å². The van der Waals surface area contributed by atoms with Gasteiger partial charge >= 0.3 is 35.5 Å². The molecule has 1 unspecified atom stereocenters. The van der Waals surface area contributed by atoms with Crippen molar-refractivity contribution < 1.29 is 49.4 Å². The van der Waals surface area contributed by atoms with Crippen LogP contribution in [0.1, 0.15) is 20.3 Å². The van der Waals surface area contributed by atoms with Crippen LogP contribution in [0.25, 0.3) is 0 Å². The Hall–Kier alpha value is -0.100. The van der Waals surface area contributed by atoms with Crippen LogP contribution in [0.15, 0.2) is 0 Å². The number of hydrogen-bond acceptors (Lipinski definition) is 4. The Kier molecular flexibility index (Phi) is 17.1. The van der Waals surface area contributed by atoms with Crippen LogP contribution < -0.4 is 40.4 Å². The third-order valence-electron chi connectivity index (χ3n) is 1.04. The van der Waals surface area contributed by atoms with E-state index in [0.29, 0.717) is 12.3 Å². The van der Waals surface area contributed by atoms with Crippen molar-refractivity contribution in [2.24, 2.45) is 11.7 Å². The summed E-state index contributed by atoms with van der Waals surface area (Å²) in [7, 11) is 0. The largest absolute Gasteiger partial charge is 1.00 e. The van der Waals surface area contributed by atoms with Gasteiger partial charge in [-0.05, 0) is 12.3 Å². The second-order valence-corrected chi connectivity index (χ2v) is 2.67. The third kappa shape index (κ3) is 18.7. The van der Waals surface area contributed by atoms with E-state index < -0.39 is 18.5 Å². The van der Waals surface area contributed by atoms with E-state index in [4.69, 9.17) is 20.7 Å². The van der Waals surface area contributed by atoms with E-state index in [1.807, 2.05) is 13.8 Å². The molecule has 0 rings (SSSR count). The summed E-state index contributed by atoms with van der Waals surface area (Å²) in [5.41, 5.74) is 5.22. The first-order valence-corrected chi connectivity index (χ1v) is 3.49. The maximum Gasteiger partial charge on any atom is 1.00 e. The molecule has 0 spiro atoms. The van der Waals surface area contributed by atoms with E-state index in [1.54, 1.807) is 0 Å². The zero-order valence-corrected chi connectivity index (χ0v) is 10.2. The average molecular weight is 199 g/mol. The van der Waals surface area contributed by atoms with Crippen LogP contribution in [0, 0.1) is 5.92 Å². The van der Waals surface area contributed by atoms with Crippen molar-refractivity contribution >= 4 is 12.4 Å². The van der Waals surface area contributed by atoms with Gasteiger partial charge in [0.15, 0.2) is 0 Å². The molecule has 6 heteroatoms. The van der Waals surface area contributed by atoms with Crippen LogP contribution in [-0.2, 0) is 9.59 Å². The minimum absolute atomic E-state index is 0. The Morgan fingerprint density at radius 2 is 1.92 bits per heavy atom. The third-order valence-corrected chi connectivity index (χ3v) is 1.04. The van der Waals surface area contributed by atoms with Gasteiger partial charge in [0.25, 0.3) is 0 Å². The topological polar surface area (TPSA) is 103 Å². The monoisotopic (exact) mass is 199 g/mol. The van der Waals surface area contributed by atoms with Crippen molar-refractivity contribution in [3.63, 3.8) is 0 Å². The zero-order chi connectivity index (χ0) is 10.1. The normalized spacial score (nSPS) is 10.5. The molecule has 0 aromatic carbocycles. The van der Waals surface area contributed by atoms with E-state index in [9.17, 15) is 4.79 Å². The SMILES string of the molecule is CC(C)CC(N)C(=O)O.O=C[O-].[Na+].